The zero-order chi connectivity index (χ0) is 10.6. The molecule has 0 heterocycles. The second-order valence-corrected chi connectivity index (χ2v) is 4.36. The Kier molecular flexibility index (Phi) is 4.01. The van der Waals surface area contributed by atoms with E-state index in [-0.39, 0.29) is 0 Å². The molecule has 0 aliphatic heterocycles. The van der Waals surface area contributed by atoms with E-state index in [0.29, 0.717) is 0 Å². The van der Waals surface area contributed by atoms with Crippen molar-refractivity contribution < 1.29 is 0 Å². The van der Waals surface area contributed by atoms with Crippen LogP contribution in [0.5, 0.6) is 0 Å². The van der Waals surface area contributed by atoms with Crippen LogP contribution in [0.1, 0.15) is 5.56 Å². The highest BCUT2D eigenvalue weighted by atomic mass is 32.2. The predicted octanol–water partition coefficient (Wildman–Crippen LogP) is 2.63. The quantitative estimate of drug-likeness (QED) is 0.400. The maximum atomic E-state index is 4.21. The molecule has 0 aliphatic rings. The molecule has 0 N–H and O–H groups in total. The number of thioether (sulfide) groups is 1. The van der Waals surface area contributed by atoms with Gasteiger partial charge in [-0.2, -0.15) is 0 Å². The lowest BCUT2D eigenvalue weighted by atomic mass is 10.2. The van der Waals surface area contributed by atoms with E-state index >= 15 is 0 Å². The van der Waals surface area contributed by atoms with Gasteiger partial charge in [-0.15, -0.1) is 0 Å². The van der Waals surface area contributed by atoms with E-state index in [4.69, 9.17) is 0 Å². The lowest BCUT2D eigenvalue weighted by Crippen LogP contribution is -2.18. The Morgan fingerprint density at radius 2 is 1.79 bits per heavy atom. The molecule has 0 fully saturated rings. The summed E-state index contributed by atoms with van der Waals surface area (Å²) in [6, 6.07) is 8.47. The fraction of sp³-hybridized carbons (Fsp3) is 0.364. The molecular formula is C11H16N2S. The Balaban J connectivity index is 2.73. The minimum Gasteiger partial charge on any atom is -0.357 e. The SMILES string of the molecule is CN=C(Sc1ccc(C)cc1)N(C)C. The Bertz CT molecular complexity index is 315. The first kappa shape index (κ1) is 11.1. The number of rotatable bonds is 1. The first-order valence-corrected chi connectivity index (χ1v) is 5.33. The third kappa shape index (κ3) is 3.07. The van der Waals surface area contributed by atoms with Crippen molar-refractivity contribution in [1.29, 1.82) is 0 Å². The topological polar surface area (TPSA) is 15.6 Å². The van der Waals surface area contributed by atoms with Crippen LogP contribution in [0, 0.1) is 6.92 Å². The summed E-state index contributed by atoms with van der Waals surface area (Å²) >= 11 is 1.68. The van der Waals surface area contributed by atoms with Gasteiger partial charge < -0.3 is 4.90 Å². The van der Waals surface area contributed by atoms with Gasteiger partial charge in [0, 0.05) is 26.0 Å². The number of aryl methyl sites for hydroxylation is 1. The molecule has 0 saturated heterocycles. The zero-order valence-corrected chi connectivity index (χ0v) is 9.93. The summed E-state index contributed by atoms with van der Waals surface area (Å²) in [6.07, 6.45) is 0. The first-order chi connectivity index (χ1) is 6.63. The molecule has 0 unspecified atom stereocenters. The van der Waals surface area contributed by atoms with Gasteiger partial charge in [0.2, 0.25) is 0 Å². The van der Waals surface area contributed by atoms with Crippen molar-refractivity contribution in [2.24, 2.45) is 4.99 Å². The van der Waals surface area contributed by atoms with Crippen LogP contribution < -0.4 is 0 Å². The van der Waals surface area contributed by atoms with E-state index in [1.165, 1.54) is 10.5 Å². The van der Waals surface area contributed by atoms with Crippen molar-refractivity contribution in [2.45, 2.75) is 11.8 Å². The largest absolute Gasteiger partial charge is 0.357 e. The molecule has 3 heteroatoms. The maximum Gasteiger partial charge on any atom is 0.163 e. The third-order valence-corrected chi connectivity index (χ3v) is 3.04. The molecule has 14 heavy (non-hydrogen) atoms. The van der Waals surface area contributed by atoms with Gasteiger partial charge in [0.05, 0.1) is 0 Å². The smallest absolute Gasteiger partial charge is 0.163 e. The number of amidine groups is 1. The third-order valence-electron chi connectivity index (χ3n) is 1.80. The molecule has 0 aromatic heterocycles. The molecule has 1 aromatic carbocycles. The minimum absolute atomic E-state index is 1.02. The van der Waals surface area contributed by atoms with Crippen LogP contribution in [0.2, 0.25) is 0 Å². The number of aliphatic imine (C=N–C) groups is 1. The lowest BCUT2D eigenvalue weighted by molar-refractivity contribution is 0.635. The van der Waals surface area contributed by atoms with Crippen molar-refractivity contribution >= 4 is 16.9 Å². The average molecular weight is 208 g/mol. The summed E-state index contributed by atoms with van der Waals surface area (Å²) in [6.45, 7) is 2.09. The van der Waals surface area contributed by atoms with Crippen molar-refractivity contribution in [3.8, 4) is 0 Å². The molecule has 0 aliphatic carbocycles. The van der Waals surface area contributed by atoms with Crippen molar-refractivity contribution in [1.82, 2.24) is 4.90 Å². The summed E-state index contributed by atoms with van der Waals surface area (Å²) in [5.74, 6) is 0. The normalized spacial score (nSPS) is 11.6. The van der Waals surface area contributed by atoms with E-state index < -0.39 is 0 Å². The summed E-state index contributed by atoms with van der Waals surface area (Å²) in [7, 11) is 5.82. The summed E-state index contributed by atoms with van der Waals surface area (Å²) in [5.41, 5.74) is 1.29. The minimum atomic E-state index is 1.02. The Hall–Kier alpha value is -0.960. The van der Waals surface area contributed by atoms with E-state index in [9.17, 15) is 0 Å². The van der Waals surface area contributed by atoms with Crippen molar-refractivity contribution in [3.05, 3.63) is 29.8 Å². The fourth-order valence-corrected chi connectivity index (χ4v) is 1.81. The standard InChI is InChI=1S/C11H16N2S/c1-9-5-7-10(8-6-9)14-11(12-2)13(3)4/h5-8H,1-4H3. The molecule has 76 valence electrons. The second-order valence-electron chi connectivity index (χ2n) is 3.32. The van der Waals surface area contributed by atoms with Crippen LogP contribution in [0.4, 0.5) is 0 Å². The van der Waals surface area contributed by atoms with E-state index in [2.05, 4.69) is 36.2 Å². The zero-order valence-electron chi connectivity index (χ0n) is 9.11. The van der Waals surface area contributed by atoms with E-state index in [0.717, 1.165) is 5.17 Å². The predicted molar refractivity (Wildman–Crippen MR) is 64.1 cm³/mol. The van der Waals surface area contributed by atoms with Crippen molar-refractivity contribution in [2.75, 3.05) is 21.1 Å². The van der Waals surface area contributed by atoms with Crippen molar-refractivity contribution in [3.63, 3.8) is 0 Å². The van der Waals surface area contributed by atoms with Crippen LogP contribution in [0.3, 0.4) is 0 Å². The monoisotopic (exact) mass is 208 g/mol. The molecule has 0 saturated carbocycles. The van der Waals surface area contributed by atoms with Crippen LogP contribution in [-0.2, 0) is 0 Å². The summed E-state index contributed by atoms with van der Waals surface area (Å²) in [4.78, 5) is 7.46. The average Bonchev–Trinajstić information content (AvgIpc) is 2.16. The second kappa shape index (κ2) is 5.05. The highest BCUT2D eigenvalue weighted by Gasteiger charge is 2.02. The molecule has 0 atom stereocenters. The number of nitrogens with zero attached hydrogens (tertiary/aromatic N) is 2. The Labute approximate surface area is 90.0 Å². The van der Waals surface area contributed by atoms with Crippen LogP contribution in [-0.4, -0.2) is 31.2 Å². The highest BCUT2D eigenvalue weighted by molar-refractivity contribution is 8.13. The number of hydrogen-bond acceptors (Lipinski definition) is 2. The molecule has 0 amide bonds. The lowest BCUT2D eigenvalue weighted by Gasteiger charge is -2.14. The molecule has 2 nitrogen and oxygen atoms in total. The van der Waals surface area contributed by atoms with Gasteiger partial charge >= 0.3 is 0 Å². The summed E-state index contributed by atoms with van der Waals surface area (Å²) < 4.78 is 0. The molecule has 0 bridgehead atoms. The van der Waals surface area contributed by atoms with Gasteiger partial charge in [-0.25, -0.2) is 0 Å². The van der Waals surface area contributed by atoms with Gasteiger partial charge in [-0.1, -0.05) is 29.5 Å². The molecule has 1 rings (SSSR count). The van der Waals surface area contributed by atoms with E-state index in [1.807, 2.05) is 26.0 Å². The van der Waals surface area contributed by atoms with Gasteiger partial charge in [0.25, 0.3) is 0 Å². The van der Waals surface area contributed by atoms with Crippen LogP contribution >= 0.6 is 11.8 Å². The van der Waals surface area contributed by atoms with Crippen LogP contribution in [0.25, 0.3) is 0 Å². The molecule has 0 spiro atoms. The number of hydrogen-bond donors (Lipinski definition) is 0. The van der Waals surface area contributed by atoms with Gasteiger partial charge in [0.15, 0.2) is 5.17 Å². The highest BCUT2D eigenvalue weighted by Crippen LogP contribution is 2.20. The summed E-state index contributed by atoms with van der Waals surface area (Å²) in [5, 5.41) is 1.02. The molecule has 0 radical (unpaired) electrons. The van der Waals surface area contributed by atoms with E-state index in [1.54, 1.807) is 11.8 Å². The molecule has 1 aromatic rings. The fourth-order valence-electron chi connectivity index (χ4n) is 1.05. The van der Waals surface area contributed by atoms with Gasteiger partial charge in [-0.3, -0.25) is 4.99 Å². The van der Waals surface area contributed by atoms with Gasteiger partial charge in [-0.05, 0) is 19.1 Å². The molecular weight excluding hydrogens is 192 g/mol. The van der Waals surface area contributed by atoms with Crippen LogP contribution in [0.15, 0.2) is 34.2 Å². The van der Waals surface area contributed by atoms with Gasteiger partial charge in [0.1, 0.15) is 0 Å². The number of benzene rings is 1. The first-order valence-electron chi connectivity index (χ1n) is 4.52. The Morgan fingerprint density at radius 3 is 2.21 bits per heavy atom. The Morgan fingerprint density at radius 1 is 1.21 bits per heavy atom. The maximum absolute atomic E-state index is 4.21.